The molecule has 0 amide bonds. The van der Waals surface area contributed by atoms with Gasteiger partial charge in [-0.3, -0.25) is 4.90 Å². The van der Waals surface area contributed by atoms with E-state index in [1.54, 1.807) is 0 Å². The summed E-state index contributed by atoms with van der Waals surface area (Å²) in [4.78, 5) is 2.40. The van der Waals surface area contributed by atoms with Gasteiger partial charge in [0.05, 0.1) is 12.6 Å². The van der Waals surface area contributed by atoms with Crippen LogP contribution < -0.4 is 5.73 Å². The summed E-state index contributed by atoms with van der Waals surface area (Å²) in [6, 6.07) is 0.568. The maximum Gasteiger partial charge on any atom is 0.165 e. The van der Waals surface area contributed by atoms with Crippen LogP contribution in [0, 0.1) is 5.92 Å². The molecule has 1 atom stereocenters. The molecule has 6 nitrogen and oxygen atoms in total. The Bertz CT molecular complexity index is 358. The SMILES string of the molecule is NCC1CCN(Cc2nnnn2C2CC2)C1. The molecule has 0 aromatic carbocycles. The third-order valence-corrected chi connectivity index (χ3v) is 3.52. The highest BCUT2D eigenvalue weighted by Gasteiger charge is 2.29. The second-order valence-corrected chi connectivity index (χ2v) is 4.90. The van der Waals surface area contributed by atoms with Gasteiger partial charge in [-0.2, -0.15) is 0 Å². The van der Waals surface area contributed by atoms with E-state index in [0.717, 1.165) is 32.0 Å². The fourth-order valence-corrected chi connectivity index (χ4v) is 2.37. The van der Waals surface area contributed by atoms with Crippen LogP contribution in [0.15, 0.2) is 0 Å². The molecule has 2 heterocycles. The zero-order valence-electron chi connectivity index (χ0n) is 9.42. The smallest absolute Gasteiger partial charge is 0.165 e. The van der Waals surface area contributed by atoms with Crippen molar-refractivity contribution in [3.8, 4) is 0 Å². The first-order valence-corrected chi connectivity index (χ1v) is 6.06. The van der Waals surface area contributed by atoms with E-state index < -0.39 is 0 Å². The minimum absolute atomic E-state index is 0.568. The number of hydrogen-bond acceptors (Lipinski definition) is 5. The van der Waals surface area contributed by atoms with Crippen LogP contribution in [0.2, 0.25) is 0 Å². The van der Waals surface area contributed by atoms with Crippen LogP contribution in [0.5, 0.6) is 0 Å². The molecule has 2 N–H and O–H groups in total. The van der Waals surface area contributed by atoms with E-state index in [9.17, 15) is 0 Å². The number of hydrogen-bond donors (Lipinski definition) is 1. The van der Waals surface area contributed by atoms with Crippen LogP contribution >= 0.6 is 0 Å². The number of aromatic nitrogens is 4. The van der Waals surface area contributed by atoms with Gasteiger partial charge in [0, 0.05) is 6.54 Å². The fourth-order valence-electron chi connectivity index (χ4n) is 2.37. The molecule has 0 bridgehead atoms. The summed E-state index contributed by atoms with van der Waals surface area (Å²) in [5.74, 6) is 1.67. The van der Waals surface area contributed by atoms with Crippen molar-refractivity contribution in [2.24, 2.45) is 11.7 Å². The Hall–Kier alpha value is -1.01. The van der Waals surface area contributed by atoms with Gasteiger partial charge in [0.2, 0.25) is 0 Å². The van der Waals surface area contributed by atoms with E-state index in [4.69, 9.17) is 5.73 Å². The highest BCUT2D eigenvalue weighted by Crippen LogP contribution is 2.34. The van der Waals surface area contributed by atoms with Crippen LogP contribution in [-0.2, 0) is 6.54 Å². The molecule has 1 aromatic rings. The number of tetrazole rings is 1. The Morgan fingerprint density at radius 2 is 2.19 bits per heavy atom. The number of nitrogens with two attached hydrogens (primary N) is 1. The van der Waals surface area contributed by atoms with Gasteiger partial charge in [0.15, 0.2) is 5.82 Å². The van der Waals surface area contributed by atoms with Gasteiger partial charge in [-0.05, 0) is 48.7 Å². The highest BCUT2D eigenvalue weighted by atomic mass is 15.6. The van der Waals surface area contributed by atoms with E-state index in [1.165, 1.54) is 19.3 Å². The van der Waals surface area contributed by atoms with Crippen molar-refractivity contribution in [3.63, 3.8) is 0 Å². The normalized spacial score (nSPS) is 26.4. The maximum atomic E-state index is 5.69. The van der Waals surface area contributed by atoms with Gasteiger partial charge >= 0.3 is 0 Å². The topological polar surface area (TPSA) is 72.9 Å². The van der Waals surface area contributed by atoms with E-state index in [2.05, 4.69) is 20.4 Å². The van der Waals surface area contributed by atoms with Crippen molar-refractivity contribution in [1.29, 1.82) is 0 Å². The third kappa shape index (κ3) is 1.94. The second-order valence-electron chi connectivity index (χ2n) is 4.90. The number of rotatable bonds is 4. The lowest BCUT2D eigenvalue weighted by atomic mass is 10.1. The first kappa shape index (κ1) is 10.2. The molecule has 2 aliphatic rings. The molecule has 3 rings (SSSR count). The molecule has 0 spiro atoms. The van der Waals surface area contributed by atoms with Crippen molar-refractivity contribution in [3.05, 3.63) is 5.82 Å². The average molecular weight is 222 g/mol. The summed E-state index contributed by atoms with van der Waals surface area (Å²) in [7, 11) is 0. The van der Waals surface area contributed by atoms with Crippen molar-refractivity contribution in [2.45, 2.75) is 31.8 Å². The van der Waals surface area contributed by atoms with Crippen LogP contribution in [0.4, 0.5) is 0 Å². The molecule has 1 aliphatic carbocycles. The van der Waals surface area contributed by atoms with Gasteiger partial charge in [0.1, 0.15) is 0 Å². The summed E-state index contributed by atoms with van der Waals surface area (Å²) in [6.45, 7) is 3.89. The Kier molecular flexibility index (Phi) is 2.61. The van der Waals surface area contributed by atoms with Gasteiger partial charge in [-0.1, -0.05) is 0 Å². The first-order chi connectivity index (χ1) is 7.86. The molecule has 2 fully saturated rings. The fraction of sp³-hybridized carbons (Fsp3) is 0.900. The lowest BCUT2D eigenvalue weighted by Gasteiger charge is -2.14. The van der Waals surface area contributed by atoms with Crippen LogP contribution in [0.25, 0.3) is 0 Å². The third-order valence-electron chi connectivity index (χ3n) is 3.52. The van der Waals surface area contributed by atoms with E-state index in [1.807, 2.05) is 4.68 Å². The van der Waals surface area contributed by atoms with Crippen LogP contribution in [-0.4, -0.2) is 44.7 Å². The minimum Gasteiger partial charge on any atom is -0.330 e. The van der Waals surface area contributed by atoms with Crippen LogP contribution in [0.3, 0.4) is 0 Å². The van der Waals surface area contributed by atoms with E-state index in [0.29, 0.717) is 12.0 Å². The quantitative estimate of drug-likeness (QED) is 0.763. The Labute approximate surface area is 94.8 Å². The molecule has 0 radical (unpaired) electrons. The Morgan fingerprint density at radius 1 is 1.31 bits per heavy atom. The van der Waals surface area contributed by atoms with Crippen molar-refractivity contribution in [2.75, 3.05) is 19.6 Å². The molecular formula is C10H18N6. The summed E-state index contributed by atoms with van der Waals surface area (Å²) in [5.41, 5.74) is 5.69. The largest absolute Gasteiger partial charge is 0.330 e. The maximum absolute atomic E-state index is 5.69. The Morgan fingerprint density at radius 3 is 2.88 bits per heavy atom. The Balaban J connectivity index is 1.63. The van der Waals surface area contributed by atoms with Gasteiger partial charge in [-0.15, -0.1) is 5.10 Å². The molecule has 1 aromatic heterocycles. The molecule has 88 valence electrons. The summed E-state index contributed by atoms with van der Waals surface area (Å²) in [5, 5.41) is 12.0. The van der Waals surface area contributed by atoms with Crippen molar-refractivity contribution in [1.82, 2.24) is 25.1 Å². The predicted octanol–water partition coefficient (Wildman–Crippen LogP) is -0.211. The standard InChI is InChI=1S/C10H18N6/c11-5-8-3-4-15(6-8)7-10-12-13-14-16(10)9-1-2-9/h8-9H,1-7,11H2. The minimum atomic E-state index is 0.568. The molecule has 1 aliphatic heterocycles. The van der Waals surface area contributed by atoms with Crippen molar-refractivity contribution >= 4 is 0 Å². The van der Waals surface area contributed by atoms with E-state index >= 15 is 0 Å². The molecule has 6 heteroatoms. The number of likely N-dealkylation sites (tertiary alicyclic amines) is 1. The first-order valence-electron chi connectivity index (χ1n) is 6.06. The second kappa shape index (κ2) is 4.10. The van der Waals surface area contributed by atoms with Gasteiger partial charge in [-0.25, -0.2) is 4.68 Å². The summed E-state index contributed by atoms with van der Waals surface area (Å²) < 4.78 is 2.00. The average Bonchev–Trinajstić information content (AvgIpc) is 2.88. The molecule has 1 unspecified atom stereocenters. The molecular weight excluding hydrogens is 204 g/mol. The molecule has 1 saturated carbocycles. The zero-order valence-corrected chi connectivity index (χ0v) is 9.42. The predicted molar refractivity (Wildman–Crippen MR) is 58.5 cm³/mol. The molecule has 16 heavy (non-hydrogen) atoms. The summed E-state index contributed by atoms with van der Waals surface area (Å²) >= 11 is 0. The number of nitrogens with zero attached hydrogens (tertiary/aromatic N) is 5. The van der Waals surface area contributed by atoms with Crippen LogP contribution in [0.1, 0.15) is 31.1 Å². The van der Waals surface area contributed by atoms with E-state index in [-0.39, 0.29) is 0 Å². The monoisotopic (exact) mass is 222 g/mol. The van der Waals surface area contributed by atoms with Crippen molar-refractivity contribution < 1.29 is 0 Å². The summed E-state index contributed by atoms with van der Waals surface area (Å²) in [6.07, 6.45) is 3.66. The zero-order chi connectivity index (χ0) is 11.0. The lowest BCUT2D eigenvalue weighted by Crippen LogP contribution is -2.24. The van der Waals surface area contributed by atoms with Gasteiger partial charge < -0.3 is 5.73 Å². The molecule has 1 saturated heterocycles. The lowest BCUT2D eigenvalue weighted by molar-refractivity contribution is 0.301. The highest BCUT2D eigenvalue weighted by molar-refractivity contribution is 4.91. The van der Waals surface area contributed by atoms with Gasteiger partial charge in [0.25, 0.3) is 0 Å².